The average Bonchev–Trinajstić information content (AvgIpc) is 3.11. The molecule has 140 valence electrons. The van der Waals surface area contributed by atoms with Crippen LogP contribution >= 0.6 is 0 Å². The number of hydrogen-bond donors (Lipinski definition) is 1. The minimum Gasteiger partial charge on any atom is -0.455 e. The highest BCUT2D eigenvalue weighted by Gasteiger charge is 2.14. The first kappa shape index (κ1) is 17.4. The number of H-pyrrole nitrogens is 1. The van der Waals surface area contributed by atoms with E-state index in [1.165, 1.54) is 22.9 Å². The Morgan fingerprint density at radius 3 is 2.64 bits per heavy atom. The van der Waals surface area contributed by atoms with Gasteiger partial charge in [-0.05, 0) is 30.3 Å². The van der Waals surface area contributed by atoms with Crippen LogP contribution in [-0.2, 0) is 18.4 Å². The van der Waals surface area contributed by atoms with Crippen molar-refractivity contribution in [2.45, 2.75) is 6.61 Å². The molecule has 2 aromatic heterocycles. The first-order valence-electron chi connectivity index (χ1n) is 8.40. The van der Waals surface area contributed by atoms with E-state index in [-0.39, 0.29) is 23.1 Å². The molecule has 0 aliphatic heterocycles. The zero-order valence-corrected chi connectivity index (χ0v) is 14.8. The van der Waals surface area contributed by atoms with Gasteiger partial charge in [-0.1, -0.05) is 23.4 Å². The SMILES string of the molecule is Cn1cc(COC(=O)c2ccc3c(=O)n(-c4ccccc4)c(=O)[nH]c3c2)nn1. The Hall–Kier alpha value is -4.01. The fraction of sp³-hybridized carbons (Fsp3) is 0.105. The molecule has 0 saturated heterocycles. The quantitative estimate of drug-likeness (QED) is 0.534. The summed E-state index contributed by atoms with van der Waals surface area (Å²) in [6.45, 7) is -0.0309. The highest BCUT2D eigenvalue weighted by Crippen LogP contribution is 2.12. The molecular weight excluding hydrogens is 362 g/mol. The summed E-state index contributed by atoms with van der Waals surface area (Å²) in [5.41, 5.74) is 0.386. The van der Waals surface area contributed by atoms with Gasteiger partial charge in [0, 0.05) is 7.05 Å². The lowest BCUT2D eigenvalue weighted by molar-refractivity contribution is 0.0468. The molecule has 2 heterocycles. The third-order valence-corrected chi connectivity index (χ3v) is 4.15. The summed E-state index contributed by atoms with van der Waals surface area (Å²) in [5.74, 6) is -0.597. The number of carbonyl (C=O) groups is 1. The summed E-state index contributed by atoms with van der Waals surface area (Å²) in [6, 6.07) is 13.0. The number of para-hydroxylation sites is 1. The normalized spacial score (nSPS) is 10.9. The maximum absolute atomic E-state index is 12.8. The fourth-order valence-electron chi connectivity index (χ4n) is 2.84. The molecule has 0 amide bonds. The van der Waals surface area contributed by atoms with Gasteiger partial charge in [0.1, 0.15) is 12.3 Å². The number of benzene rings is 2. The number of aromatic nitrogens is 5. The van der Waals surface area contributed by atoms with Gasteiger partial charge in [-0.3, -0.25) is 9.48 Å². The van der Waals surface area contributed by atoms with E-state index in [0.29, 0.717) is 11.4 Å². The predicted octanol–water partition coefficient (Wildman–Crippen LogP) is 1.16. The first-order chi connectivity index (χ1) is 13.5. The molecule has 0 unspecified atom stereocenters. The molecule has 1 N–H and O–H groups in total. The van der Waals surface area contributed by atoms with Crippen molar-refractivity contribution in [2.75, 3.05) is 0 Å². The number of esters is 1. The summed E-state index contributed by atoms with van der Waals surface area (Å²) in [5, 5.41) is 7.88. The molecule has 4 aromatic rings. The minimum atomic E-state index is -0.597. The van der Waals surface area contributed by atoms with Gasteiger partial charge in [-0.25, -0.2) is 14.2 Å². The van der Waals surface area contributed by atoms with E-state index in [2.05, 4.69) is 15.3 Å². The highest BCUT2D eigenvalue weighted by atomic mass is 16.5. The van der Waals surface area contributed by atoms with Gasteiger partial charge in [0.15, 0.2) is 0 Å². The van der Waals surface area contributed by atoms with Crippen molar-refractivity contribution in [3.8, 4) is 5.69 Å². The van der Waals surface area contributed by atoms with Crippen LogP contribution in [0.3, 0.4) is 0 Å². The van der Waals surface area contributed by atoms with E-state index < -0.39 is 17.2 Å². The van der Waals surface area contributed by atoms with E-state index in [4.69, 9.17) is 4.74 Å². The molecule has 0 spiro atoms. The largest absolute Gasteiger partial charge is 0.455 e. The average molecular weight is 377 g/mol. The van der Waals surface area contributed by atoms with Crippen LogP contribution < -0.4 is 11.2 Å². The van der Waals surface area contributed by atoms with Crippen LogP contribution in [0.2, 0.25) is 0 Å². The summed E-state index contributed by atoms with van der Waals surface area (Å²) in [7, 11) is 1.71. The second-order valence-corrected chi connectivity index (χ2v) is 6.13. The second kappa shape index (κ2) is 6.95. The zero-order valence-electron chi connectivity index (χ0n) is 14.8. The lowest BCUT2D eigenvalue weighted by Gasteiger charge is -2.07. The molecule has 28 heavy (non-hydrogen) atoms. The van der Waals surface area contributed by atoms with Crippen molar-refractivity contribution < 1.29 is 9.53 Å². The van der Waals surface area contributed by atoms with Gasteiger partial charge in [-0.15, -0.1) is 5.10 Å². The molecule has 0 aliphatic rings. The van der Waals surface area contributed by atoms with Gasteiger partial charge in [-0.2, -0.15) is 0 Å². The molecule has 0 radical (unpaired) electrons. The zero-order chi connectivity index (χ0) is 19.7. The van der Waals surface area contributed by atoms with Crippen molar-refractivity contribution in [1.29, 1.82) is 0 Å². The maximum Gasteiger partial charge on any atom is 0.338 e. The molecule has 0 atom stereocenters. The van der Waals surface area contributed by atoms with Gasteiger partial charge >= 0.3 is 11.7 Å². The van der Waals surface area contributed by atoms with Crippen molar-refractivity contribution in [1.82, 2.24) is 24.5 Å². The molecule has 0 fully saturated rings. The van der Waals surface area contributed by atoms with Crippen LogP contribution in [0.25, 0.3) is 16.6 Å². The maximum atomic E-state index is 12.8. The number of rotatable bonds is 4. The van der Waals surface area contributed by atoms with Crippen molar-refractivity contribution in [2.24, 2.45) is 7.05 Å². The van der Waals surface area contributed by atoms with Gasteiger partial charge in [0.2, 0.25) is 0 Å². The lowest BCUT2D eigenvalue weighted by Crippen LogP contribution is -2.33. The molecule has 9 heteroatoms. The molecule has 0 saturated carbocycles. The summed E-state index contributed by atoms with van der Waals surface area (Å²) in [4.78, 5) is 40.1. The van der Waals surface area contributed by atoms with Gasteiger partial charge < -0.3 is 9.72 Å². The fourth-order valence-corrected chi connectivity index (χ4v) is 2.84. The van der Waals surface area contributed by atoms with E-state index in [1.54, 1.807) is 43.6 Å². The van der Waals surface area contributed by atoms with E-state index in [1.807, 2.05) is 0 Å². The van der Waals surface area contributed by atoms with Gasteiger partial charge in [0.05, 0.1) is 28.4 Å². The predicted molar refractivity (Wildman–Crippen MR) is 100 cm³/mol. The Balaban J connectivity index is 1.67. The molecular formula is C19H15N5O4. The highest BCUT2D eigenvalue weighted by molar-refractivity contribution is 5.94. The van der Waals surface area contributed by atoms with E-state index >= 15 is 0 Å². The van der Waals surface area contributed by atoms with Gasteiger partial charge in [0.25, 0.3) is 5.56 Å². The first-order valence-corrected chi connectivity index (χ1v) is 8.40. The summed E-state index contributed by atoms with van der Waals surface area (Å²) >= 11 is 0. The number of hydrogen-bond acceptors (Lipinski definition) is 6. The van der Waals surface area contributed by atoms with Crippen LogP contribution in [0.15, 0.2) is 64.3 Å². The molecule has 2 aromatic carbocycles. The summed E-state index contributed by atoms with van der Waals surface area (Å²) < 4.78 is 7.75. The lowest BCUT2D eigenvalue weighted by atomic mass is 10.1. The molecule has 4 rings (SSSR count). The van der Waals surface area contributed by atoms with Crippen LogP contribution in [0, 0.1) is 0 Å². The minimum absolute atomic E-state index is 0.0309. The Morgan fingerprint density at radius 1 is 1.14 bits per heavy atom. The third kappa shape index (κ3) is 3.20. The number of fused-ring (bicyclic) bond motifs is 1. The van der Waals surface area contributed by atoms with Crippen molar-refractivity contribution >= 4 is 16.9 Å². The Bertz CT molecular complexity index is 1290. The van der Waals surface area contributed by atoms with E-state index in [9.17, 15) is 14.4 Å². The standard InChI is InChI=1S/C19H15N5O4/c1-23-10-13(21-22-23)11-28-18(26)12-7-8-15-16(9-12)20-19(27)24(17(15)25)14-5-3-2-4-6-14/h2-10H,11H2,1H3,(H,20,27). The Morgan fingerprint density at radius 2 is 1.93 bits per heavy atom. The van der Waals surface area contributed by atoms with Crippen molar-refractivity contribution in [3.63, 3.8) is 0 Å². The van der Waals surface area contributed by atoms with Crippen LogP contribution in [0.5, 0.6) is 0 Å². The monoisotopic (exact) mass is 377 g/mol. The topological polar surface area (TPSA) is 112 Å². The third-order valence-electron chi connectivity index (χ3n) is 4.15. The number of ether oxygens (including phenoxy) is 1. The van der Waals surface area contributed by atoms with Crippen LogP contribution in [0.4, 0.5) is 0 Å². The number of aromatic amines is 1. The smallest absolute Gasteiger partial charge is 0.338 e. The molecule has 0 bridgehead atoms. The Kier molecular flexibility index (Phi) is 4.32. The van der Waals surface area contributed by atoms with Crippen LogP contribution in [-0.4, -0.2) is 30.5 Å². The molecule has 0 aliphatic carbocycles. The summed E-state index contributed by atoms with van der Waals surface area (Å²) in [6.07, 6.45) is 1.64. The van der Waals surface area contributed by atoms with Crippen LogP contribution in [0.1, 0.15) is 16.1 Å². The second-order valence-electron chi connectivity index (χ2n) is 6.13. The van der Waals surface area contributed by atoms with E-state index in [0.717, 1.165) is 4.57 Å². The van der Waals surface area contributed by atoms with Crippen molar-refractivity contribution in [3.05, 3.63) is 86.8 Å². The number of aryl methyl sites for hydroxylation is 1. The number of nitrogens with one attached hydrogen (secondary N) is 1. The number of nitrogens with zero attached hydrogens (tertiary/aromatic N) is 4. The molecule has 9 nitrogen and oxygen atoms in total. The number of carbonyl (C=O) groups excluding carboxylic acids is 1. The Labute approximate surface area is 157 Å².